The summed E-state index contributed by atoms with van der Waals surface area (Å²) in [6.07, 6.45) is 3.89. The van der Waals surface area contributed by atoms with Gasteiger partial charge in [-0.3, -0.25) is 19.3 Å². The van der Waals surface area contributed by atoms with Gasteiger partial charge in [-0.05, 0) is 12.1 Å². The Balaban J connectivity index is 2.72. The highest BCUT2D eigenvalue weighted by Gasteiger charge is 2.11. The van der Waals surface area contributed by atoms with Crippen molar-refractivity contribution >= 4 is 5.97 Å². The lowest BCUT2D eigenvalue weighted by molar-refractivity contribution is 0.0694. The van der Waals surface area contributed by atoms with Gasteiger partial charge in [-0.15, -0.1) is 0 Å². The smallest absolute Gasteiger partial charge is 0.342 e. The van der Waals surface area contributed by atoms with Crippen LogP contribution in [0.25, 0.3) is 5.69 Å². The number of nitrogens with zero attached hydrogens (tertiary/aromatic N) is 2. The number of aromatic amines is 1. The molecule has 2 heterocycles. The van der Waals surface area contributed by atoms with E-state index in [0.29, 0.717) is 5.69 Å². The molecule has 17 heavy (non-hydrogen) atoms. The molecule has 0 radical (unpaired) electrons. The summed E-state index contributed by atoms with van der Waals surface area (Å²) in [5.74, 6) is -1.39. The van der Waals surface area contributed by atoms with Crippen LogP contribution in [0.2, 0.25) is 0 Å². The minimum atomic E-state index is -1.39. The first-order valence-electron chi connectivity index (χ1n) is 4.59. The Hall–Kier alpha value is -2.70. The summed E-state index contributed by atoms with van der Waals surface area (Å²) in [7, 11) is 0. The summed E-state index contributed by atoms with van der Waals surface area (Å²) in [6.45, 7) is 0. The molecule has 0 aromatic carbocycles. The second-order valence-corrected chi connectivity index (χ2v) is 3.18. The molecule has 0 aliphatic rings. The molecule has 0 aliphatic carbocycles. The first-order valence-corrected chi connectivity index (χ1v) is 4.59. The molecule has 0 unspecified atom stereocenters. The van der Waals surface area contributed by atoms with Crippen molar-refractivity contribution in [3.63, 3.8) is 0 Å². The Morgan fingerprint density at radius 3 is 2.53 bits per heavy atom. The monoisotopic (exact) mass is 233 g/mol. The predicted octanol–water partition coefficient (Wildman–Crippen LogP) is -0.381. The number of carbonyl (C=O) groups is 1. The van der Waals surface area contributed by atoms with E-state index in [9.17, 15) is 14.4 Å². The van der Waals surface area contributed by atoms with Crippen molar-refractivity contribution in [1.29, 1.82) is 0 Å². The molecule has 0 atom stereocenters. The zero-order valence-corrected chi connectivity index (χ0v) is 8.45. The fourth-order valence-corrected chi connectivity index (χ4v) is 1.32. The second-order valence-electron chi connectivity index (χ2n) is 3.18. The van der Waals surface area contributed by atoms with Gasteiger partial charge in [0.1, 0.15) is 5.56 Å². The number of aromatic carboxylic acids is 1. The molecule has 0 spiro atoms. The van der Waals surface area contributed by atoms with Gasteiger partial charge in [-0.25, -0.2) is 9.59 Å². The second kappa shape index (κ2) is 4.05. The number of nitrogens with one attached hydrogen (secondary N) is 1. The van der Waals surface area contributed by atoms with Crippen molar-refractivity contribution in [3.8, 4) is 5.69 Å². The number of carboxylic acids is 1. The fraction of sp³-hybridized carbons (Fsp3) is 0. The van der Waals surface area contributed by atoms with E-state index in [2.05, 4.69) is 4.98 Å². The molecule has 0 saturated carbocycles. The van der Waals surface area contributed by atoms with Gasteiger partial charge < -0.3 is 5.11 Å². The molecule has 2 N–H and O–H groups in total. The van der Waals surface area contributed by atoms with Crippen LogP contribution < -0.4 is 11.2 Å². The largest absolute Gasteiger partial charge is 0.477 e. The van der Waals surface area contributed by atoms with Gasteiger partial charge in [0.2, 0.25) is 0 Å². The topological polar surface area (TPSA) is 105 Å². The zero-order chi connectivity index (χ0) is 12.4. The Kier molecular flexibility index (Phi) is 2.57. The van der Waals surface area contributed by atoms with Gasteiger partial charge in [0.25, 0.3) is 5.56 Å². The van der Waals surface area contributed by atoms with Crippen LogP contribution in [0.3, 0.4) is 0 Å². The number of aromatic nitrogens is 3. The predicted molar refractivity (Wildman–Crippen MR) is 57.4 cm³/mol. The summed E-state index contributed by atoms with van der Waals surface area (Å²) < 4.78 is 1.03. The summed E-state index contributed by atoms with van der Waals surface area (Å²) in [5.41, 5.74) is -1.70. The van der Waals surface area contributed by atoms with E-state index in [0.717, 1.165) is 10.8 Å². The van der Waals surface area contributed by atoms with Gasteiger partial charge in [0, 0.05) is 18.6 Å². The van der Waals surface area contributed by atoms with Gasteiger partial charge >= 0.3 is 11.7 Å². The van der Waals surface area contributed by atoms with Crippen LogP contribution in [0.4, 0.5) is 0 Å². The van der Waals surface area contributed by atoms with Gasteiger partial charge in [0.05, 0.1) is 5.69 Å². The van der Waals surface area contributed by atoms with E-state index in [1.54, 1.807) is 0 Å². The molecule has 2 aromatic heterocycles. The van der Waals surface area contributed by atoms with Crippen molar-refractivity contribution in [2.24, 2.45) is 0 Å². The maximum absolute atomic E-state index is 11.5. The highest BCUT2D eigenvalue weighted by atomic mass is 16.4. The van der Waals surface area contributed by atoms with Gasteiger partial charge in [-0.1, -0.05) is 0 Å². The third-order valence-corrected chi connectivity index (χ3v) is 2.11. The maximum atomic E-state index is 11.5. The van der Waals surface area contributed by atoms with Crippen molar-refractivity contribution in [1.82, 2.24) is 14.5 Å². The molecule has 7 heteroatoms. The molecular weight excluding hydrogens is 226 g/mol. The molecule has 2 rings (SSSR count). The highest BCUT2D eigenvalue weighted by molar-refractivity contribution is 5.86. The summed E-state index contributed by atoms with van der Waals surface area (Å²) in [6, 6.07) is 3.04. The fourth-order valence-electron chi connectivity index (χ4n) is 1.32. The standard InChI is InChI=1S/C10H7N3O4/c14-8-7(9(15)16)5-13(10(17)12-8)6-1-3-11-4-2-6/h1-5H,(H,15,16)(H,12,14,17). The molecule has 2 aromatic rings. The van der Waals surface area contributed by atoms with Crippen LogP contribution in [0.1, 0.15) is 10.4 Å². The number of hydrogen-bond acceptors (Lipinski definition) is 4. The first kappa shape index (κ1) is 10.8. The highest BCUT2D eigenvalue weighted by Crippen LogP contribution is 2.01. The average Bonchev–Trinajstić information content (AvgIpc) is 2.29. The SMILES string of the molecule is O=C(O)c1cn(-c2ccncc2)c(=O)[nH]c1=O. The normalized spacial score (nSPS) is 10.1. The van der Waals surface area contributed by atoms with Crippen molar-refractivity contribution in [2.75, 3.05) is 0 Å². The maximum Gasteiger partial charge on any atom is 0.342 e. The zero-order valence-electron chi connectivity index (χ0n) is 8.45. The summed E-state index contributed by atoms with van der Waals surface area (Å²) in [5, 5.41) is 8.78. The van der Waals surface area contributed by atoms with Crippen molar-refractivity contribution in [3.05, 3.63) is 57.1 Å². The number of H-pyrrole nitrogens is 1. The van der Waals surface area contributed by atoms with E-state index in [1.807, 2.05) is 4.98 Å². The van der Waals surface area contributed by atoms with Gasteiger partial charge in [-0.2, -0.15) is 0 Å². The van der Waals surface area contributed by atoms with Crippen molar-refractivity contribution < 1.29 is 9.90 Å². The molecule has 0 amide bonds. The molecule has 0 aliphatic heterocycles. The third kappa shape index (κ3) is 1.98. The van der Waals surface area contributed by atoms with Crippen LogP contribution in [-0.4, -0.2) is 25.6 Å². The number of rotatable bonds is 2. The lowest BCUT2D eigenvalue weighted by atomic mass is 10.3. The molecule has 7 nitrogen and oxygen atoms in total. The number of pyridine rings is 1. The van der Waals surface area contributed by atoms with E-state index in [-0.39, 0.29) is 0 Å². The van der Waals surface area contributed by atoms with Crippen LogP contribution >= 0.6 is 0 Å². The molecular formula is C10H7N3O4. The molecule has 0 saturated heterocycles. The molecule has 0 fully saturated rings. The Bertz CT molecular complexity index is 672. The number of carboxylic acid groups (broad SMARTS) is 1. The minimum Gasteiger partial charge on any atom is -0.477 e. The minimum absolute atomic E-state index is 0.420. The third-order valence-electron chi connectivity index (χ3n) is 2.11. The Morgan fingerprint density at radius 1 is 1.29 bits per heavy atom. The van der Waals surface area contributed by atoms with E-state index in [1.165, 1.54) is 24.5 Å². The van der Waals surface area contributed by atoms with Crippen LogP contribution in [0.15, 0.2) is 40.3 Å². The molecule has 0 bridgehead atoms. The Morgan fingerprint density at radius 2 is 1.94 bits per heavy atom. The average molecular weight is 233 g/mol. The summed E-state index contributed by atoms with van der Waals surface area (Å²) >= 11 is 0. The van der Waals surface area contributed by atoms with E-state index < -0.39 is 22.8 Å². The van der Waals surface area contributed by atoms with E-state index in [4.69, 9.17) is 5.11 Å². The van der Waals surface area contributed by atoms with Crippen LogP contribution in [0.5, 0.6) is 0 Å². The van der Waals surface area contributed by atoms with Gasteiger partial charge in [0.15, 0.2) is 0 Å². The summed E-state index contributed by atoms with van der Waals surface area (Å²) in [4.78, 5) is 39.2. The van der Waals surface area contributed by atoms with Crippen molar-refractivity contribution in [2.45, 2.75) is 0 Å². The first-order chi connectivity index (χ1) is 8.09. The lowest BCUT2D eigenvalue weighted by Crippen LogP contribution is -2.32. The quantitative estimate of drug-likeness (QED) is 0.735. The number of hydrogen-bond donors (Lipinski definition) is 2. The lowest BCUT2D eigenvalue weighted by Gasteiger charge is -2.04. The van der Waals surface area contributed by atoms with E-state index >= 15 is 0 Å². The van der Waals surface area contributed by atoms with Crippen LogP contribution in [0, 0.1) is 0 Å². The Labute approximate surface area is 94.0 Å². The molecule has 86 valence electrons. The van der Waals surface area contributed by atoms with Crippen LogP contribution in [-0.2, 0) is 0 Å².